The molecule has 0 bridgehead atoms. The van der Waals surface area contributed by atoms with Crippen molar-refractivity contribution in [1.82, 2.24) is 30.6 Å². The summed E-state index contributed by atoms with van der Waals surface area (Å²) in [4.78, 5) is 47.9. The van der Waals surface area contributed by atoms with E-state index in [-0.39, 0.29) is 70.0 Å². The van der Waals surface area contributed by atoms with E-state index in [1.54, 1.807) is 24.3 Å². The minimum Gasteiger partial charge on any atom is -0.382 e. The molecule has 18 heteroatoms. The summed E-state index contributed by atoms with van der Waals surface area (Å²) in [5.74, 6) is -2.54. The number of carbonyl (C=O) groups excluding carboxylic acids is 2. The van der Waals surface area contributed by atoms with Crippen molar-refractivity contribution < 1.29 is 9.59 Å². The van der Waals surface area contributed by atoms with Gasteiger partial charge in [-0.2, -0.15) is 0 Å². The Labute approximate surface area is 224 Å². The van der Waals surface area contributed by atoms with Gasteiger partial charge in [0, 0.05) is 0 Å². The Morgan fingerprint density at radius 1 is 0.711 bits per heavy atom. The second-order valence-electron chi connectivity index (χ2n) is 7.40. The van der Waals surface area contributed by atoms with Crippen LogP contribution in [-0.2, 0) is 13.1 Å². The lowest BCUT2D eigenvalue weighted by atomic mass is 10.1. The van der Waals surface area contributed by atoms with Gasteiger partial charge in [0.15, 0.2) is 56.9 Å². The van der Waals surface area contributed by atoms with E-state index in [0.29, 0.717) is 0 Å². The predicted octanol–water partition coefficient (Wildman–Crippen LogP) is -0.608. The molecule has 0 fully saturated rings. The number of guanidine groups is 2. The molecule has 2 amide bonds. The van der Waals surface area contributed by atoms with Crippen LogP contribution in [0.15, 0.2) is 34.3 Å². The molecule has 16 nitrogen and oxygen atoms in total. The molecule has 0 radical (unpaired) electrons. The molecular weight excluding hydrogens is 539 g/mol. The van der Waals surface area contributed by atoms with Crippen LogP contribution in [0.4, 0.5) is 23.3 Å². The molecule has 0 aliphatic carbocycles. The van der Waals surface area contributed by atoms with Crippen LogP contribution in [-0.4, -0.2) is 43.7 Å². The first-order chi connectivity index (χ1) is 17.9. The van der Waals surface area contributed by atoms with Crippen molar-refractivity contribution in [2.24, 2.45) is 21.5 Å². The summed E-state index contributed by atoms with van der Waals surface area (Å²) in [6.07, 6.45) is 0. The molecule has 14 N–H and O–H groups in total. The lowest BCUT2D eigenvalue weighted by Gasteiger charge is -2.08. The number of hydrogen-bond acceptors (Lipinski definition) is 12. The van der Waals surface area contributed by atoms with Crippen molar-refractivity contribution in [2.45, 2.75) is 13.1 Å². The average molecular weight is 561 g/mol. The van der Waals surface area contributed by atoms with E-state index in [9.17, 15) is 9.59 Å². The minimum absolute atomic E-state index is 0.110. The van der Waals surface area contributed by atoms with Gasteiger partial charge in [0.2, 0.25) is 0 Å². The van der Waals surface area contributed by atoms with Crippen molar-refractivity contribution in [3.63, 3.8) is 0 Å². The number of aliphatic imine (C=N–C) groups is 2. The lowest BCUT2D eigenvalue weighted by Crippen LogP contribution is -2.37. The maximum Gasteiger partial charge on any atom is 0.280 e. The van der Waals surface area contributed by atoms with Gasteiger partial charge in [-0.3, -0.25) is 20.2 Å². The molecule has 3 aromatic rings. The summed E-state index contributed by atoms with van der Waals surface area (Å²) in [5, 5.41) is 4.34. The van der Waals surface area contributed by atoms with Crippen LogP contribution >= 0.6 is 23.2 Å². The number of nitrogen functional groups attached to an aromatic ring is 4. The number of nitrogens with two attached hydrogens (primary N) is 6. The first-order valence-corrected chi connectivity index (χ1v) is 11.2. The van der Waals surface area contributed by atoms with E-state index in [1.807, 2.05) is 0 Å². The fourth-order valence-electron chi connectivity index (χ4n) is 2.83. The molecule has 0 unspecified atom stereocenters. The van der Waals surface area contributed by atoms with Gasteiger partial charge in [-0.15, -0.1) is 0 Å². The molecule has 38 heavy (non-hydrogen) atoms. The second-order valence-corrected chi connectivity index (χ2v) is 8.11. The van der Waals surface area contributed by atoms with Gasteiger partial charge < -0.3 is 34.4 Å². The maximum absolute atomic E-state index is 12.3. The van der Waals surface area contributed by atoms with Gasteiger partial charge >= 0.3 is 0 Å². The van der Waals surface area contributed by atoms with Crippen LogP contribution in [0.1, 0.15) is 32.1 Å². The molecule has 0 saturated carbocycles. The molecule has 198 valence electrons. The zero-order chi connectivity index (χ0) is 28.0. The Morgan fingerprint density at radius 3 is 1.50 bits per heavy atom. The summed E-state index contributed by atoms with van der Waals surface area (Å²) < 4.78 is 0. The van der Waals surface area contributed by atoms with Crippen LogP contribution in [0.25, 0.3) is 0 Å². The van der Waals surface area contributed by atoms with Crippen LogP contribution < -0.4 is 45.0 Å². The van der Waals surface area contributed by atoms with E-state index in [2.05, 4.69) is 40.6 Å². The highest BCUT2D eigenvalue weighted by atomic mass is 35.5. The number of carbonyl (C=O) groups is 2. The first-order valence-electron chi connectivity index (χ1n) is 10.4. The van der Waals surface area contributed by atoms with Gasteiger partial charge in [-0.05, 0) is 11.1 Å². The fraction of sp³-hybridized carbons (Fsp3) is 0.100. The normalized spacial score (nSPS) is 11.7. The standard InChI is InChI=1S/C20H22Cl2N14O2/c21-11-15(25)33-13(23)9(31-11)17(37)35-19(27)29-5-7-2-1-3-8(4-7)6-30-20(28)36-18(38)10-14(24)34-16(26)12(22)32-10/h1-4H,5-6H2,(H4,23,25,33)(H4,24,26,34)(H3,27,29,35,37)(H3,28,30,36,38). The van der Waals surface area contributed by atoms with Crippen molar-refractivity contribution in [1.29, 1.82) is 0 Å². The van der Waals surface area contributed by atoms with E-state index >= 15 is 0 Å². The quantitative estimate of drug-likeness (QED) is 0.138. The van der Waals surface area contributed by atoms with Crippen LogP contribution in [0.2, 0.25) is 10.3 Å². The van der Waals surface area contributed by atoms with E-state index in [0.717, 1.165) is 11.1 Å². The molecule has 0 spiro atoms. The highest BCUT2D eigenvalue weighted by Crippen LogP contribution is 2.18. The van der Waals surface area contributed by atoms with Crippen LogP contribution in [0, 0.1) is 0 Å². The fourth-order valence-corrected chi connectivity index (χ4v) is 3.08. The number of rotatable bonds is 6. The third-order valence-electron chi connectivity index (χ3n) is 4.58. The summed E-state index contributed by atoms with van der Waals surface area (Å²) in [5.41, 5.74) is 34.9. The third kappa shape index (κ3) is 7.05. The van der Waals surface area contributed by atoms with E-state index in [4.69, 9.17) is 57.6 Å². The number of nitrogens with one attached hydrogen (secondary N) is 2. The first kappa shape index (κ1) is 27.6. The highest BCUT2D eigenvalue weighted by Gasteiger charge is 2.18. The largest absolute Gasteiger partial charge is 0.382 e. The number of hydrogen-bond donors (Lipinski definition) is 8. The summed E-state index contributed by atoms with van der Waals surface area (Å²) >= 11 is 11.6. The Bertz CT molecular complexity index is 1360. The van der Waals surface area contributed by atoms with Gasteiger partial charge in [0.05, 0.1) is 13.1 Å². The number of halogens is 2. The highest BCUT2D eigenvalue weighted by molar-refractivity contribution is 6.32. The number of amides is 2. The van der Waals surface area contributed by atoms with Crippen molar-refractivity contribution >= 4 is 70.2 Å². The summed E-state index contributed by atoms with van der Waals surface area (Å²) in [6, 6.07) is 7.11. The van der Waals surface area contributed by atoms with Gasteiger partial charge in [0.25, 0.3) is 11.8 Å². The predicted molar refractivity (Wildman–Crippen MR) is 144 cm³/mol. The monoisotopic (exact) mass is 560 g/mol. The van der Waals surface area contributed by atoms with E-state index in [1.165, 1.54) is 0 Å². The minimum atomic E-state index is -0.757. The zero-order valence-electron chi connectivity index (χ0n) is 19.4. The van der Waals surface area contributed by atoms with Crippen LogP contribution in [0.3, 0.4) is 0 Å². The molecule has 2 aromatic heterocycles. The smallest absolute Gasteiger partial charge is 0.280 e. The molecule has 1 aromatic carbocycles. The Balaban J connectivity index is 1.60. The summed E-state index contributed by atoms with van der Waals surface area (Å²) in [7, 11) is 0. The lowest BCUT2D eigenvalue weighted by molar-refractivity contribution is 0.0964. The topological polar surface area (TPSA) is 291 Å². The van der Waals surface area contributed by atoms with Crippen molar-refractivity contribution in [2.75, 3.05) is 22.9 Å². The molecular formula is C20H22Cl2N14O2. The molecule has 0 aliphatic rings. The number of anilines is 4. The molecule has 0 atom stereocenters. The molecule has 3 rings (SSSR count). The average Bonchev–Trinajstić information content (AvgIpc) is 2.86. The van der Waals surface area contributed by atoms with E-state index < -0.39 is 11.8 Å². The zero-order valence-corrected chi connectivity index (χ0v) is 21.0. The molecule has 0 saturated heterocycles. The Kier molecular flexibility index (Phi) is 8.61. The molecule has 2 heterocycles. The number of aromatic nitrogens is 4. The van der Waals surface area contributed by atoms with Crippen molar-refractivity contribution in [3.8, 4) is 0 Å². The van der Waals surface area contributed by atoms with Crippen LogP contribution in [0.5, 0.6) is 0 Å². The van der Waals surface area contributed by atoms with Gasteiger partial charge in [-0.25, -0.2) is 29.9 Å². The Hall–Kier alpha value is -4.96. The third-order valence-corrected chi connectivity index (χ3v) is 5.13. The number of benzene rings is 1. The van der Waals surface area contributed by atoms with Crippen molar-refractivity contribution in [3.05, 3.63) is 57.1 Å². The molecule has 0 aliphatic heterocycles. The van der Waals surface area contributed by atoms with Gasteiger partial charge in [-0.1, -0.05) is 47.5 Å². The summed E-state index contributed by atoms with van der Waals surface area (Å²) in [6.45, 7) is 0.241. The number of nitrogens with zero attached hydrogens (tertiary/aromatic N) is 6. The maximum atomic E-state index is 12.3. The second kappa shape index (κ2) is 11.8. The van der Waals surface area contributed by atoms with Gasteiger partial charge in [0.1, 0.15) is 0 Å². The Morgan fingerprint density at radius 2 is 1.11 bits per heavy atom. The SMILES string of the molecule is NC(=NCc1cccc(CN=C(N)NC(=O)c2nc(Cl)c(N)nc2N)c1)NC(=O)c1nc(Cl)c(N)nc1N.